The average molecular weight is 295 g/mol. The summed E-state index contributed by atoms with van der Waals surface area (Å²) in [6.45, 7) is 2.58. The van der Waals surface area contributed by atoms with E-state index in [1.165, 1.54) is 0 Å². The Hall–Kier alpha value is -1.79. The molecule has 0 aliphatic carbocycles. The molecule has 1 aliphatic heterocycles. The van der Waals surface area contributed by atoms with Crippen LogP contribution in [0.2, 0.25) is 0 Å². The Morgan fingerprint density at radius 2 is 2.19 bits per heavy atom. The number of nitrogens with one attached hydrogen (secondary N) is 1. The molecule has 21 heavy (non-hydrogen) atoms. The van der Waals surface area contributed by atoms with Gasteiger partial charge in [-0.05, 0) is 17.7 Å². The Balaban J connectivity index is 1.97. The number of hydrogen-bond donors (Lipinski definition) is 1. The minimum Gasteiger partial charge on any atom is -0.493 e. The van der Waals surface area contributed by atoms with Crippen LogP contribution >= 0.6 is 0 Å². The quantitative estimate of drug-likeness (QED) is 0.573. The zero-order valence-electron chi connectivity index (χ0n) is 12.4. The number of rotatable bonds is 8. The van der Waals surface area contributed by atoms with E-state index in [1.54, 1.807) is 14.2 Å². The summed E-state index contributed by atoms with van der Waals surface area (Å²) >= 11 is 0. The third kappa shape index (κ3) is 4.34. The summed E-state index contributed by atoms with van der Waals surface area (Å²) in [5, 5.41) is 3.26. The van der Waals surface area contributed by atoms with Gasteiger partial charge < -0.3 is 24.3 Å². The van der Waals surface area contributed by atoms with Crippen molar-refractivity contribution < 1.29 is 23.7 Å². The summed E-state index contributed by atoms with van der Waals surface area (Å²) in [4.78, 5) is 11.4. The van der Waals surface area contributed by atoms with Crippen molar-refractivity contribution in [3.05, 3.63) is 23.8 Å². The van der Waals surface area contributed by atoms with E-state index in [9.17, 15) is 4.79 Å². The minimum atomic E-state index is -0.537. The lowest BCUT2D eigenvalue weighted by molar-refractivity contribution is -0.143. The molecule has 0 aromatic heterocycles. The standard InChI is InChI=1S/C15H21NO5/c1-18-8-6-16-10-11-3-4-12(14(9-11)19-2)21-13-5-7-20-15(13)17/h3-4,9,13,16H,5-8,10H2,1-2H3. The highest BCUT2D eigenvalue weighted by Gasteiger charge is 2.29. The van der Waals surface area contributed by atoms with Crippen molar-refractivity contribution in [3.63, 3.8) is 0 Å². The molecule has 1 aliphatic rings. The maximum Gasteiger partial charge on any atom is 0.347 e. The molecule has 0 radical (unpaired) electrons. The molecular formula is C15H21NO5. The first kappa shape index (κ1) is 15.6. The number of carbonyl (C=O) groups is 1. The summed E-state index contributed by atoms with van der Waals surface area (Å²) in [6.07, 6.45) is 0.0343. The Morgan fingerprint density at radius 3 is 2.86 bits per heavy atom. The van der Waals surface area contributed by atoms with Crippen LogP contribution in [0.3, 0.4) is 0 Å². The first-order valence-corrected chi connectivity index (χ1v) is 6.94. The monoisotopic (exact) mass is 295 g/mol. The van der Waals surface area contributed by atoms with Gasteiger partial charge in [-0.1, -0.05) is 6.07 Å². The molecule has 1 aromatic carbocycles. The number of ether oxygens (including phenoxy) is 4. The van der Waals surface area contributed by atoms with E-state index in [0.717, 1.165) is 12.1 Å². The fraction of sp³-hybridized carbons (Fsp3) is 0.533. The van der Waals surface area contributed by atoms with Gasteiger partial charge in [0.1, 0.15) is 0 Å². The molecule has 116 valence electrons. The van der Waals surface area contributed by atoms with E-state index in [4.69, 9.17) is 18.9 Å². The van der Waals surface area contributed by atoms with Crippen molar-refractivity contribution in [1.82, 2.24) is 5.32 Å². The number of carbonyl (C=O) groups excluding carboxylic acids is 1. The van der Waals surface area contributed by atoms with Gasteiger partial charge in [0.05, 0.1) is 20.3 Å². The Kier molecular flexibility index (Phi) is 5.83. The molecule has 2 rings (SSSR count). The van der Waals surface area contributed by atoms with Gasteiger partial charge in [0.25, 0.3) is 0 Å². The molecule has 0 spiro atoms. The predicted octanol–water partition coefficient (Wildman–Crippen LogP) is 1.13. The van der Waals surface area contributed by atoms with E-state index >= 15 is 0 Å². The van der Waals surface area contributed by atoms with E-state index in [0.29, 0.717) is 37.7 Å². The fourth-order valence-electron chi connectivity index (χ4n) is 2.06. The second kappa shape index (κ2) is 7.85. The van der Waals surface area contributed by atoms with E-state index in [1.807, 2.05) is 18.2 Å². The average Bonchev–Trinajstić information content (AvgIpc) is 2.90. The largest absolute Gasteiger partial charge is 0.493 e. The highest BCUT2D eigenvalue weighted by atomic mass is 16.6. The topological polar surface area (TPSA) is 66.0 Å². The van der Waals surface area contributed by atoms with Crippen LogP contribution in [0.15, 0.2) is 18.2 Å². The third-order valence-electron chi connectivity index (χ3n) is 3.20. The van der Waals surface area contributed by atoms with Crippen molar-refractivity contribution >= 4 is 5.97 Å². The molecule has 1 saturated heterocycles. The van der Waals surface area contributed by atoms with Gasteiger partial charge in [0, 0.05) is 26.6 Å². The van der Waals surface area contributed by atoms with Crippen molar-refractivity contribution in [3.8, 4) is 11.5 Å². The highest BCUT2D eigenvalue weighted by molar-refractivity contribution is 5.77. The highest BCUT2D eigenvalue weighted by Crippen LogP contribution is 2.30. The van der Waals surface area contributed by atoms with Crippen molar-refractivity contribution in [1.29, 1.82) is 0 Å². The fourth-order valence-corrected chi connectivity index (χ4v) is 2.06. The molecule has 0 saturated carbocycles. The zero-order chi connectivity index (χ0) is 15.1. The summed E-state index contributed by atoms with van der Waals surface area (Å²) in [6, 6.07) is 5.66. The molecular weight excluding hydrogens is 274 g/mol. The predicted molar refractivity (Wildman–Crippen MR) is 76.6 cm³/mol. The second-order valence-electron chi connectivity index (χ2n) is 4.72. The van der Waals surface area contributed by atoms with Crippen molar-refractivity contribution in [2.75, 3.05) is 34.0 Å². The number of benzene rings is 1. The molecule has 0 bridgehead atoms. The Morgan fingerprint density at radius 1 is 1.33 bits per heavy atom. The lowest BCUT2D eigenvalue weighted by atomic mass is 10.2. The van der Waals surface area contributed by atoms with Crippen LogP contribution in [0.1, 0.15) is 12.0 Å². The summed E-state index contributed by atoms with van der Waals surface area (Å²) in [5.74, 6) is 0.852. The molecule has 1 aromatic rings. The Bertz CT molecular complexity index is 477. The minimum absolute atomic E-state index is 0.317. The normalized spacial score (nSPS) is 17.6. The molecule has 6 nitrogen and oxygen atoms in total. The molecule has 1 atom stereocenters. The summed E-state index contributed by atoms with van der Waals surface area (Å²) < 4.78 is 20.9. The number of methoxy groups -OCH3 is 2. The molecule has 1 unspecified atom stereocenters. The lowest BCUT2D eigenvalue weighted by Crippen LogP contribution is -2.22. The Labute approximate surface area is 124 Å². The van der Waals surface area contributed by atoms with E-state index in [-0.39, 0.29) is 5.97 Å². The van der Waals surface area contributed by atoms with Gasteiger partial charge in [-0.15, -0.1) is 0 Å². The third-order valence-corrected chi connectivity index (χ3v) is 3.20. The van der Waals surface area contributed by atoms with Gasteiger partial charge in [0.2, 0.25) is 0 Å². The van der Waals surface area contributed by atoms with Crippen LogP contribution in [0.5, 0.6) is 11.5 Å². The van der Waals surface area contributed by atoms with Crippen LogP contribution in [-0.2, 0) is 20.8 Å². The maximum atomic E-state index is 11.4. The molecule has 1 N–H and O–H groups in total. The van der Waals surface area contributed by atoms with Crippen LogP contribution in [-0.4, -0.2) is 46.1 Å². The number of hydrogen-bond acceptors (Lipinski definition) is 6. The molecule has 1 heterocycles. The van der Waals surface area contributed by atoms with Gasteiger partial charge in [-0.3, -0.25) is 0 Å². The molecule has 1 fully saturated rings. The van der Waals surface area contributed by atoms with Crippen molar-refractivity contribution in [2.45, 2.75) is 19.1 Å². The number of esters is 1. The van der Waals surface area contributed by atoms with Crippen LogP contribution in [0.4, 0.5) is 0 Å². The SMILES string of the molecule is COCCNCc1ccc(OC2CCOC2=O)c(OC)c1. The van der Waals surface area contributed by atoms with Gasteiger partial charge in [-0.2, -0.15) is 0 Å². The lowest BCUT2D eigenvalue weighted by Gasteiger charge is -2.14. The van der Waals surface area contributed by atoms with Gasteiger partial charge >= 0.3 is 5.97 Å². The molecule has 6 heteroatoms. The van der Waals surface area contributed by atoms with Crippen molar-refractivity contribution in [2.24, 2.45) is 0 Å². The maximum absolute atomic E-state index is 11.4. The van der Waals surface area contributed by atoms with Crippen LogP contribution in [0, 0.1) is 0 Å². The summed E-state index contributed by atoms with van der Waals surface area (Å²) in [5.41, 5.74) is 1.07. The van der Waals surface area contributed by atoms with E-state index < -0.39 is 6.10 Å². The smallest absolute Gasteiger partial charge is 0.347 e. The van der Waals surface area contributed by atoms with Crippen LogP contribution in [0.25, 0.3) is 0 Å². The number of cyclic esters (lactones) is 1. The van der Waals surface area contributed by atoms with Gasteiger partial charge in [0.15, 0.2) is 17.6 Å². The summed E-state index contributed by atoms with van der Waals surface area (Å²) in [7, 11) is 3.25. The van der Waals surface area contributed by atoms with Gasteiger partial charge in [-0.25, -0.2) is 4.79 Å². The van der Waals surface area contributed by atoms with E-state index in [2.05, 4.69) is 5.32 Å². The molecule has 0 amide bonds. The first-order chi connectivity index (χ1) is 10.2. The second-order valence-corrected chi connectivity index (χ2v) is 4.72. The first-order valence-electron chi connectivity index (χ1n) is 6.94. The van der Waals surface area contributed by atoms with Crippen LogP contribution < -0.4 is 14.8 Å². The zero-order valence-corrected chi connectivity index (χ0v) is 12.4.